The normalized spacial score (nSPS) is 38.5. The van der Waals surface area contributed by atoms with Crippen LogP contribution < -0.4 is 5.32 Å². The lowest BCUT2D eigenvalue weighted by Gasteiger charge is -2.26. The fourth-order valence-corrected chi connectivity index (χ4v) is 2.44. The van der Waals surface area contributed by atoms with Gasteiger partial charge in [-0.05, 0) is 37.5 Å². The molecule has 0 heterocycles. The van der Waals surface area contributed by atoms with E-state index in [1.807, 2.05) is 0 Å². The van der Waals surface area contributed by atoms with Crippen LogP contribution in [0.15, 0.2) is 0 Å². The van der Waals surface area contributed by atoms with Crippen molar-refractivity contribution in [2.45, 2.75) is 58.1 Å². The molecule has 15 heavy (non-hydrogen) atoms. The van der Waals surface area contributed by atoms with Crippen LogP contribution in [-0.4, -0.2) is 23.2 Å². The minimum absolute atomic E-state index is 0.143. The molecule has 1 amide bonds. The third-order valence-electron chi connectivity index (χ3n) is 3.87. The zero-order chi connectivity index (χ0) is 11.1. The fraction of sp³-hybridized carbons (Fsp3) is 0.917. The maximum Gasteiger partial charge on any atom is 0.223 e. The first kappa shape index (κ1) is 10.9. The highest BCUT2D eigenvalue weighted by Gasteiger charge is 2.50. The quantitative estimate of drug-likeness (QED) is 0.726. The topological polar surface area (TPSA) is 49.3 Å². The molecular weight excluding hydrogens is 190 g/mol. The van der Waals surface area contributed by atoms with Crippen LogP contribution in [0, 0.1) is 11.3 Å². The first-order valence-corrected chi connectivity index (χ1v) is 5.97. The van der Waals surface area contributed by atoms with Crippen LogP contribution in [-0.2, 0) is 4.79 Å². The maximum absolute atomic E-state index is 11.8. The summed E-state index contributed by atoms with van der Waals surface area (Å²) in [5.74, 6) is 0.450. The van der Waals surface area contributed by atoms with Crippen molar-refractivity contribution < 1.29 is 9.90 Å². The van der Waals surface area contributed by atoms with E-state index in [9.17, 15) is 9.90 Å². The van der Waals surface area contributed by atoms with Gasteiger partial charge in [0, 0.05) is 12.0 Å². The van der Waals surface area contributed by atoms with Gasteiger partial charge in [0.25, 0.3) is 0 Å². The van der Waals surface area contributed by atoms with E-state index in [2.05, 4.69) is 19.2 Å². The molecule has 0 radical (unpaired) electrons. The van der Waals surface area contributed by atoms with Crippen LogP contribution in [0.2, 0.25) is 0 Å². The molecule has 2 aliphatic rings. The second-order valence-corrected chi connectivity index (χ2v) is 5.76. The SMILES string of the molecule is CC1(C)CC1C(=O)NC1CCC(O)CC1. The van der Waals surface area contributed by atoms with E-state index in [1.54, 1.807) is 0 Å². The third kappa shape index (κ3) is 2.51. The summed E-state index contributed by atoms with van der Waals surface area (Å²) in [6.07, 6.45) is 4.40. The Morgan fingerprint density at radius 2 is 1.80 bits per heavy atom. The third-order valence-corrected chi connectivity index (χ3v) is 3.87. The number of hydrogen-bond donors (Lipinski definition) is 2. The van der Waals surface area contributed by atoms with Gasteiger partial charge in [-0.1, -0.05) is 13.8 Å². The predicted octanol–water partition coefficient (Wildman–Crippen LogP) is 1.45. The summed E-state index contributed by atoms with van der Waals surface area (Å²) in [5.41, 5.74) is 0.221. The Balaban J connectivity index is 1.76. The molecule has 0 aromatic rings. The Morgan fingerprint density at radius 3 is 2.27 bits per heavy atom. The molecule has 2 fully saturated rings. The number of amides is 1. The van der Waals surface area contributed by atoms with Crippen molar-refractivity contribution in [1.29, 1.82) is 0 Å². The van der Waals surface area contributed by atoms with Gasteiger partial charge in [0.1, 0.15) is 0 Å². The van der Waals surface area contributed by atoms with E-state index >= 15 is 0 Å². The van der Waals surface area contributed by atoms with Gasteiger partial charge in [-0.25, -0.2) is 0 Å². The lowest BCUT2D eigenvalue weighted by Crippen LogP contribution is -2.39. The molecule has 1 unspecified atom stereocenters. The van der Waals surface area contributed by atoms with Crippen molar-refractivity contribution in [2.24, 2.45) is 11.3 Å². The molecule has 86 valence electrons. The Morgan fingerprint density at radius 1 is 1.27 bits per heavy atom. The van der Waals surface area contributed by atoms with E-state index < -0.39 is 0 Å². The highest BCUT2D eigenvalue weighted by molar-refractivity contribution is 5.82. The molecule has 0 saturated heterocycles. The average molecular weight is 211 g/mol. The molecule has 1 atom stereocenters. The molecule has 0 aliphatic heterocycles. The van der Waals surface area contributed by atoms with E-state index in [0.29, 0.717) is 6.04 Å². The molecule has 2 aliphatic carbocycles. The summed E-state index contributed by atoms with van der Waals surface area (Å²) in [4.78, 5) is 11.8. The van der Waals surface area contributed by atoms with Gasteiger partial charge in [-0.2, -0.15) is 0 Å². The highest BCUT2D eigenvalue weighted by Crippen LogP contribution is 2.51. The smallest absolute Gasteiger partial charge is 0.223 e. The molecule has 2 rings (SSSR count). The minimum Gasteiger partial charge on any atom is -0.393 e. The molecule has 0 aromatic carbocycles. The largest absolute Gasteiger partial charge is 0.393 e. The summed E-state index contributed by atoms with van der Waals surface area (Å²) in [7, 11) is 0. The molecule has 0 bridgehead atoms. The van der Waals surface area contributed by atoms with Crippen molar-refractivity contribution >= 4 is 5.91 Å². The van der Waals surface area contributed by atoms with Crippen LogP contribution in [0.4, 0.5) is 0 Å². The zero-order valence-electron chi connectivity index (χ0n) is 9.62. The summed E-state index contributed by atoms with van der Waals surface area (Å²) in [5, 5.41) is 12.5. The van der Waals surface area contributed by atoms with Crippen LogP contribution in [0.25, 0.3) is 0 Å². The Kier molecular flexibility index (Phi) is 2.75. The van der Waals surface area contributed by atoms with Gasteiger partial charge in [-0.15, -0.1) is 0 Å². The van der Waals surface area contributed by atoms with E-state index in [0.717, 1.165) is 32.1 Å². The van der Waals surface area contributed by atoms with Crippen molar-refractivity contribution in [3.05, 3.63) is 0 Å². The monoisotopic (exact) mass is 211 g/mol. The zero-order valence-corrected chi connectivity index (χ0v) is 9.62. The number of nitrogens with one attached hydrogen (secondary N) is 1. The van der Waals surface area contributed by atoms with Gasteiger partial charge in [-0.3, -0.25) is 4.79 Å². The molecule has 0 spiro atoms. The van der Waals surface area contributed by atoms with Crippen LogP contribution in [0.1, 0.15) is 46.0 Å². The summed E-state index contributed by atoms with van der Waals surface area (Å²) < 4.78 is 0. The van der Waals surface area contributed by atoms with Crippen molar-refractivity contribution in [3.8, 4) is 0 Å². The van der Waals surface area contributed by atoms with Crippen LogP contribution >= 0.6 is 0 Å². The first-order chi connectivity index (χ1) is 6.99. The number of carbonyl (C=O) groups is 1. The number of carbonyl (C=O) groups excluding carboxylic acids is 1. The molecule has 0 aromatic heterocycles. The second-order valence-electron chi connectivity index (χ2n) is 5.76. The molecule has 3 heteroatoms. The van der Waals surface area contributed by atoms with Gasteiger partial charge >= 0.3 is 0 Å². The predicted molar refractivity (Wildman–Crippen MR) is 58.3 cm³/mol. The van der Waals surface area contributed by atoms with Gasteiger partial charge in [0.05, 0.1) is 6.10 Å². The van der Waals surface area contributed by atoms with Crippen molar-refractivity contribution in [1.82, 2.24) is 5.32 Å². The van der Waals surface area contributed by atoms with Crippen LogP contribution in [0.3, 0.4) is 0 Å². The molecule has 2 N–H and O–H groups in total. The van der Waals surface area contributed by atoms with E-state index in [-0.39, 0.29) is 23.3 Å². The summed E-state index contributed by atoms with van der Waals surface area (Å²) >= 11 is 0. The summed E-state index contributed by atoms with van der Waals surface area (Å²) in [6, 6.07) is 0.303. The summed E-state index contributed by atoms with van der Waals surface area (Å²) in [6.45, 7) is 4.28. The second kappa shape index (κ2) is 3.78. The fourth-order valence-electron chi connectivity index (χ4n) is 2.44. The Bertz CT molecular complexity index is 254. The lowest BCUT2D eigenvalue weighted by molar-refractivity contribution is -0.124. The highest BCUT2D eigenvalue weighted by atomic mass is 16.3. The Hall–Kier alpha value is -0.570. The number of rotatable bonds is 2. The number of aliphatic hydroxyl groups is 1. The van der Waals surface area contributed by atoms with Gasteiger partial charge in [0.2, 0.25) is 5.91 Å². The number of aliphatic hydroxyl groups excluding tert-OH is 1. The lowest BCUT2D eigenvalue weighted by atomic mass is 9.93. The van der Waals surface area contributed by atoms with Gasteiger partial charge < -0.3 is 10.4 Å². The molecule has 2 saturated carbocycles. The minimum atomic E-state index is -0.143. The van der Waals surface area contributed by atoms with Crippen molar-refractivity contribution in [2.75, 3.05) is 0 Å². The maximum atomic E-state index is 11.8. The Labute approximate surface area is 91.2 Å². The average Bonchev–Trinajstić information content (AvgIpc) is 2.79. The van der Waals surface area contributed by atoms with E-state index in [4.69, 9.17) is 0 Å². The van der Waals surface area contributed by atoms with Crippen LogP contribution in [0.5, 0.6) is 0 Å². The standard InChI is InChI=1S/C12H21NO2/c1-12(2)7-10(12)11(15)13-8-3-5-9(14)6-4-8/h8-10,14H,3-7H2,1-2H3,(H,13,15). The molecular formula is C12H21NO2. The van der Waals surface area contributed by atoms with Gasteiger partial charge in [0.15, 0.2) is 0 Å². The van der Waals surface area contributed by atoms with Crippen molar-refractivity contribution in [3.63, 3.8) is 0 Å². The van der Waals surface area contributed by atoms with E-state index in [1.165, 1.54) is 0 Å². The number of hydrogen-bond acceptors (Lipinski definition) is 2. The first-order valence-electron chi connectivity index (χ1n) is 5.97. The molecule has 3 nitrogen and oxygen atoms in total.